The van der Waals surface area contributed by atoms with Crippen LogP contribution in [0.15, 0.2) is 30.6 Å². The van der Waals surface area contributed by atoms with E-state index >= 15 is 0 Å². The van der Waals surface area contributed by atoms with Gasteiger partial charge in [-0.15, -0.1) is 0 Å². The molecule has 9 nitrogen and oxygen atoms in total. The number of carbonyl (C=O) groups is 2. The molecule has 1 atom stereocenters. The highest BCUT2D eigenvalue weighted by Gasteiger charge is 2.45. The van der Waals surface area contributed by atoms with Crippen LogP contribution in [0.25, 0.3) is 0 Å². The summed E-state index contributed by atoms with van der Waals surface area (Å²) in [5.74, 6) is -0.0973. The van der Waals surface area contributed by atoms with Crippen LogP contribution in [0.1, 0.15) is 25.3 Å². The molecular formula is C25H33ClN6O3. The molecule has 35 heavy (non-hydrogen) atoms. The average Bonchev–Trinajstić information content (AvgIpc) is 3.59. The van der Waals surface area contributed by atoms with Crippen molar-refractivity contribution in [3.05, 3.63) is 41.2 Å². The SMILES string of the molecule is CC(=O)N(C)c1cnn(C(=O)N2CCC3(CCN(Cc4cc(Cl)cc(N5CCOCC5)c4)C3)C2)c1. The van der Waals surface area contributed by atoms with Crippen LogP contribution in [-0.2, 0) is 16.1 Å². The minimum Gasteiger partial charge on any atom is -0.378 e. The summed E-state index contributed by atoms with van der Waals surface area (Å²) in [6, 6.07) is 6.22. The van der Waals surface area contributed by atoms with Crippen molar-refractivity contribution in [2.75, 3.05) is 69.3 Å². The molecule has 2 aromatic rings. The minimum atomic E-state index is -0.131. The van der Waals surface area contributed by atoms with Crippen molar-refractivity contribution in [1.29, 1.82) is 0 Å². The summed E-state index contributed by atoms with van der Waals surface area (Å²) in [5, 5.41) is 4.97. The van der Waals surface area contributed by atoms with Gasteiger partial charge in [-0.25, -0.2) is 4.79 Å². The number of aromatic nitrogens is 2. The molecule has 3 aliphatic heterocycles. The monoisotopic (exact) mass is 500 g/mol. The van der Waals surface area contributed by atoms with Gasteiger partial charge < -0.3 is 19.4 Å². The van der Waals surface area contributed by atoms with Gasteiger partial charge in [0.25, 0.3) is 0 Å². The van der Waals surface area contributed by atoms with Gasteiger partial charge in [-0.1, -0.05) is 11.6 Å². The van der Waals surface area contributed by atoms with Crippen molar-refractivity contribution >= 4 is 34.9 Å². The van der Waals surface area contributed by atoms with Gasteiger partial charge in [-0.2, -0.15) is 9.78 Å². The first-order chi connectivity index (χ1) is 16.8. The van der Waals surface area contributed by atoms with Crippen molar-refractivity contribution in [1.82, 2.24) is 19.6 Å². The third-order valence-electron chi connectivity index (χ3n) is 7.58. The molecule has 4 heterocycles. The van der Waals surface area contributed by atoms with Crippen LogP contribution in [0.4, 0.5) is 16.2 Å². The van der Waals surface area contributed by atoms with E-state index in [1.807, 2.05) is 11.0 Å². The predicted molar refractivity (Wildman–Crippen MR) is 135 cm³/mol. The summed E-state index contributed by atoms with van der Waals surface area (Å²) in [6.07, 6.45) is 5.25. The number of halogens is 1. The molecule has 0 N–H and O–H groups in total. The van der Waals surface area contributed by atoms with Crippen molar-refractivity contribution in [3.8, 4) is 0 Å². The number of rotatable bonds is 4. The quantitative estimate of drug-likeness (QED) is 0.642. The molecule has 3 saturated heterocycles. The zero-order valence-corrected chi connectivity index (χ0v) is 21.2. The smallest absolute Gasteiger partial charge is 0.344 e. The largest absolute Gasteiger partial charge is 0.378 e. The molecule has 1 aromatic heterocycles. The molecule has 0 saturated carbocycles. The topological polar surface area (TPSA) is 74.2 Å². The predicted octanol–water partition coefficient (Wildman–Crippen LogP) is 2.92. The molecular weight excluding hydrogens is 468 g/mol. The van der Waals surface area contributed by atoms with E-state index in [2.05, 4.69) is 27.0 Å². The summed E-state index contributed by atoms with van der Waals surface area (Å²) >= 11 is 6.48. The molecule has 1 unspecified atom stereocenters. The maximum atomic E-state index is 13.1. The Morgan fingerprint density at radius 1 is 1.11 bits per heavy atom. The Labute approximate surface area is 211 Å². The summed E-state index contributed by atoms with van der Waals surface area (Å²) in [4.78, 5) is 32.9. The van der Waals surface area contributed by atoms with Crippen LogP contribution < -0.4 is 9.80 Å². The fourth-order valence-electron chi connectivity index (χ4n) is 5.50. The molecule has 3 aliphatic rings. The number of benzene rings is 1. The average molecular weight is 501 g/mol. The molecule has 2 amide bonds. The van der Waals surface area contributed by atoms with E-state index in [1.165, 1.54) is 22.1 Å². The Balaban J connectivity index is 1.20. The summed E-state index contributed by atoms with van der Waals surface area (Å²) in [5.41, 5.74) is 3.12. The third kappa shape index (κ3) is 5.17. The van der Waals surface area contributed by atoms with E-state index in [-0.39, 0.29) is 17.4 Å². The first kappa shape index (κ1) is 24.1. The number of anilines is 2. The molecule has 0 aliphatic carbocycles. The molecule has 1 spiro atoms. The molecule has 188 valence electrons. The Hall–Kier alpha value is -2.62. The van der Waals surface area contributed by atoms with Gasteiger partial charge in [0.1, 0.15) is 0 Å². The lowest BCUT2D eigenvalue weighted by Crippen LogP contribution is -2.36. The van der Waals surface area contributed by atoms with E-state index in [4.69, 9.17) is 16.3 Å². The van der Waals surface area contributed by atoms with Crippen LogP contribution in [-0.4, -0.2) is 91.0 Å². The second kappa shape index (κ2) is 9.79. The second-order valence-electron chi connectivity index (χ2n) is 10.1. The number of nitrogens with zero attached hydrogens (tertiary/aromatic N) is 6. The lowest BCUT2D eigenvalue weighted by atomic mass is 9.86. The molecule has 0 radical (unpaired) electrons. The fourth-order valence-corrected chi connectivity index (χ4v) is 5.75. The van der Waals surface area contributed by atoms with E-state index in [0.717, 1.165) is 82.6 Å². The first-order valence-corrected chi connectivity index (χ1v) is 12.6. The van der Waals surface area contributed by atoms with Crippen molar-refractivity contribution < 1.29 is 14.3 Å². The Morgan fingerprint density at radius 2 is 1.89 bits per heavy atom. The molecule has 1 aromatic carbocycles. The maximum Gasteiger partial charge on any atom is 0.344 e. The van der Waals surface area contributed by atoms with E-state index in [1.54, 1.807) is 19.4 Å². The lowest BCUT2D eigenvalue weighted by Gasteiger charge is -2.30. The summed E-state index contributed by atoms with van der Waals surface area (Å²) in [6.45, 7) is 9.05. The van der Waals surface area contributed by atoms with Crippen LogP contribution in [0.2, 0.25) is 5.02 Å². The highest BCUT2D eigenvalue weighted by Crippen LogP contribution is 2.40. The molecule has 3 fully saturated rings. The summed E-state index contributed by atoms with van der Waals surface area (Å²) in [7, 11) is 1.68. The van der Waals surface area contributed by atoms with Crippen molar-refractivity contribution in [2.24, 2.45) is 5.41 Å². The normalized spacial score (nSPS) is 22.8. The van der Waals surface area contributed by atoms with Gasteiger partial charge in [0.15, 0.2) is 0 Å². The van der Waals surface area contributed by atoms with Gasteiger partial charge >= 0.3 is 6.03 Å². The zero-order chi connectivity index (χ0) is 24.6. The fraction of sp³-hybridized carbons (Fsp3) is 0.560. The molecule has 5 rings (SSSR count). The van der Waals surface area contributed by atoms with Gasteiger partial charge in [0.2, 0.25) is 5.91 Å². The van der Waals surface area contributed by atoms with Gasteiger partial charge in [0, 0.05) is 69.4 Å². The van der Waals surface area contributed by atoms with E-state index < -0.39 is 0 Å². The number of carbonyl (C=O) groups excluding carboxylic acids is 2. The van der Waals surface area contributed by atoms with E-state index in [9.17, 15) is 9.59 Å². The number of hydrogen-bond donors (Lipinski definition) is 0. The van der Waals surface area contributed by atoms with Crippen molar-refractivity contribution in [3.63, 3.8) is 0 Å². The number of likely N-dealkylation sites (tertiary alicyclic amines) is 2. The van der Waals surface area contributed by atoms with Crippen LogP contribution in [0.3, 0.4) is 0 Å². The number of hydrogen-bond acceptors (Lipinski definition) is 6. The lowest BCUT2D eigenvalue weighted by molar-refractivity contribution is -0.116. The molecule has 10 heteroatoms. The van der Waals surface area contributed by atoms with Crippen molar-refractivity contribution in [2.45, 2.75) is 26.3 Å². The van der Waals surface area contributed by atoms with E-state index in [0.29, 0.717) is 5.69 Å². The molecule has 0 bridgehead atoms. The second-order valence-corrected chi connectivity index (χ2v) is 10.5. The van der Waals surface area contributed by atoms with Crippen LogP contribution in [0, 0.1) is 5.41 Å². The number of ether oxygens (including phenoxy) is 1. The summed E-state index contributed by atoms with van der Waals surface area (Å²) < 4.78 is 6.83. The zero-order valence-electron chi connectivity index (χ0n) is 20.5. The number of amides is 2. The van der Waals surface area contributed by atoms with Crippen LogP contribution in [0.5, 0.6) is 0 Å². The Bertz CT molecular complexity index is 1100. The van der Waals surface area contributed by atoms with Gasteiger partial charge in [-0.3, -0.25) is 9.69 Å². The Kier molecular flexibility index (Phi) is 6.74. The maximum absolute atomic E-state index is 13.1. The van der Waals surface area contributed by atoms with Crippen LogP contribution >= 0.6 is 11.6 Å². The Morgan fingerprint density at radius 3 is 2.66 bits per heavy atom. The minimum absolute atomic E-state index is 0.0973. The highest BCUT2D eigenvalue weighted by molar-refractivity contribution is 6.30. The standard InChI is InChI=1S/C25H33ClN6O3/c1-19(33)28(2)23-14-27-32(16-23)24(34)31-6-4-25(18-31)3-5-29(17-25)15-20-11-21(26)13-22(12-20)30-7-9-35-10-8-30/h11-14,16H,3-10,15,17-18H2,1-2H3. The third-order valence-corrected chi connectivity index (χ3v) is 7.79. The number of morpholine rings is 1. The highest BCUT2D eigenvalue weighted by atomic mass is 35.5. The first-order valence-electron chi connectivity index (χ1n) is 12.2. The van der Waals surface area contributed by atoms with Gasteiger partial charge in [0.05, 0.1) is 31.3 Å². The van der Waals surface area contributed by atoms with Gasteiger partial charge in [-0.05, 0) is 43.1 Å².